The highest BCUT2D eigenvalue weighted by Gasteiger charge is 2.27. The summed E-state index contributed by atoms with van der Waals surface area (Å²) < 4.78 is 16.2. The monoisotopic (exact) mass is 497 g/mol. The van der Waals surface area contributed by atoms with Crippen molar-refractivity contribution in [1.29, 1.82) is 5.26 Å². The van der Waals surface area contributed by atoms with Crippen LogP contribution >= 0.6 is 11.3 Å². The number of rotatable bonds is 9. The van der Waals surface area contributed by atoms with Crippen molar-refractivity contribution < 1.29 is 23.8 Å². The quantitative estimate of drug-likeness (QED) is 0.537. The average molecular weight is 498 g/mol. The summed E-state index contributed by atoms with van der Waals surface area (Å²) in [6, 6.07) is 9.94. The van der Waals surface area contributed by atoms with E-state index in [2.05, 4.69) is 16.7 Å². The molecule has 2 aromatic rings. The summed E-state index contributed by atoms with van der Waals surface area (Å²) in [7, 11) is 1.62. The van der Waals surface area contributed by atoms with Gasteiger partial charge in [-0.05, 0) is 67.7 Å². The number of alkyl carbamates (subject to hydrolysis) is 1. The molecular weight excluding hydrogens is 466 g/mol. The highest BCUT2D eigenvalue weighted by atomic mass is 32.1. The summed E-state index contributed by atoms with van der Waals surface area (Å²) in [5.41, 5.74) is 2.60. The van der Waals surface area contributed by atoms with Crippen molar-refractivity contribution in [3.05, 3.63) is 45.8 Å². The van der Waals surface area contributed by atoms with Gasteiger partial charge in [-0.25, -0.2) is 4.79 Å². The number of anilines is 1. The number of fused-ring (bicyclic) bond motifs is 1. The average Bonchev–Trinajstić information content (AvgIpc) is 3.52. The number of nitrogens with one attached hydrogen (secondary N) is 2. The summed E-state index contributed by atoms with van der Waals surface area (Å²) in [6.45, 7) is 1.56. The van der Waals surface area contributed by atoms with Crippen LogP contribution in [0, 0.1) is 17.2 Å². The summed E-state index contributed by atoms with van der Waals surface area (Å²) in [5, 5.41) is 16.1. The van der Waals surface area contributed by atoms with Crippen LogP contribution in [0.25, 0.3) is 0 Å². The minimum atomic E-state index is -0.417. The minimum absolute atomic E-state index is 0.0828. The smallest absolute Gasteiger partial charge is 0.407 e. The Labute approximate surface area is 209 Å². The van der Waals surface area contributed by atoms with Crippen LogP contribution in [-0.4, -0.2) is 45.0 Å². The molecule has 2 heterocycles. The molecule has 9 heteroatoms. The molecule has 1 saturated heterocycles. The number of carbonyl (C=O) groups excluding carboxylic acids is 2. The Hall–Kier alpha value is -3.09. The van der Waals surface area contributed by atoms with Gasteiger partial charge in [0.1, 0.15) is 16.8 Å². The standard InChI is InChI=1S/C26H31N3O5S/c1-32-19-5-2-4-17(12-19)8-10-24(30)29-25-22(14-27)21-9-7-18(13-23(21)35-25)16-34-26(31)28-15-20-6-3-11-33-20/h2,4-5,12,18,20H,3,6-11,13,15-16H2,1H3,(H,28,31)(H,29,30). The third-order valence-electron chi connectivity index (χ3n) is 6.46. The number of hydrogen-bond acceptors (Lipinski definition) is 7. The first-order valence-electron chi connectivity index (χ1n) is 12.1. The highest BCUT2D eigenvalue weighted by molar-refractivity contribution is 7.16. The SMILES string of the molecule is COc1cccc(CCC(=O)Nc2sc3c(c2C#N)CCC(COC(=O)NCC2CCCO2)C3)c1. The van der Waals surface area contributed by atoms with Crippen molar-refractivity contribution in [2.45, 2.75) is 51.0 Å². The van der Waals surface area contributed by atoms with Gasteiger partial charge in [-0.2, -0.15) is 5.26 Å². The number of benzene rings is 1. The van der Waals surface area contributed by atoms with Crippen LogP contribution in [0.2, 0.25) is 0 Å². The molecule has 186 valence electrons. The molecule has 0 saturated carbocycles. The second-order valence-electron chi connectivity index (χ2n) is 8.94. The maximum Gasteiger partial charge on any atom is 0.407 e. The summed E-state index contributed by atoms with van der Waals surface area (Å²) in [5.74, 6) is 0.836. The zero-order valence-corrected chi connectivity index (χ0v) is 20.7. The Kier molecular flexibility index (Phi) is 8.61. The van der Waals surface area contributed by atoms with Crippen molar-refractivity contribution in [2.75, 3.05) is 32.2 Å². The van der Waals surface area contributed by atoms with E-state index in [0.29, 0.717) is 36.6 Å². The fourth-order valence-corrected chi connectivity index (χ4v) is 5.85. The summed E-state index contributed by atoms with van der Waals surface area (Å²) in [4.78, 5) is 25.7. The lowest BCUT2D eigenvalue weighted by molar-refractivity contribution is -0.116. The summed E-state index contributed by atoms with van der Waals surface area (Å²) in [6.07, 6.45) is 4.86. The van der Waals surface area contributed by atoms with Crippen LogP contribution < -0.4 is 15.4 Å². The number of aryl methyl sites for hydroxylation is 1. The maximum absolute atomic E-state index is 12.6. The molecular formula is C26H31N3O5S. The van der Waals surface area contributed by atoms with E-state index in [-0.39, 0.29) is 17.9 Å². The Morgan fingerprint density at radius 1 is 1.31 bits per heavy atom. The van der Waals surface area contributed by atoms with Crippen molar-refractivity contribution >= 4 is 28.3 Å². The molecule has 1 aromatic carbocycles. The first-order valence-corrected chi connectivity index (χ1v) is 12.9. The van der Waals surface area contributed by atoms with Crippen LogP contribution in [0.5, 0.6) is 5.75 Å². The highest BCUT2D eigenvalue weighted by Crippen LogP contribution is 2.39. The van der Waals surface area contributed by atoms with Crippen molar-refractivity contribution in [3.8, 4) is 11.8 Å². The first kappa shape index (κ1) is 25.0. The summed E-state index contributed by atoms with van der Waals surface area (Å²) >= 11 is 1.46. The maximum atomic E-state index is 12.6. The van der Waals surface area contributed by atoms with Crippen molar-refractivity contribution in [2.24, 2.45) is 5.92 Å². The lowest BCUT2D eigenvalue weighted by atomic mass is 9.88. The van der Waals surface area contributed by atoms with Crippen molar-refractivity contribution in [3.63, 3.8) is 0 Å². The molecule has 1 fully saturated rings. The van der Waals surface area contributed by atoms with E-state index in [1.54, 1.807) is 7.11 Å². The number of carbonyl (C=O) groups is 2. The second-order valence-corrected chi connectivity index (χ2v) is 10.0. The second kappa shape index (κ2) is 12.0. The molecule has 2 amide bonds. The number of methoxy groups -OCH3 is 1. The number of ether oxygens (including phenoxy) is 3. The van der Waals surface area contributed by atoms with Gasteiger partial charge < -0.3 is 24.8 Å². The third kappa shape index (κ3) is 6.74. The van der Waals surface area contributed by atoms with Gasteiger partial charge in [-0.1, -0.05) is 12.1 Å². The molecule has 1 aliphatic heterocycles. The topological polar surface area (TPSA) is 110 Å². The van der Waals surface area contributed by atoms with E-state index in [1.807, 2.05) is 24.3 Å². The number of amides is 2. The zero-order valence-electron chi connectivity index (χ0n) is 19.9. The largest absolute Gasteiger partial charge is 0.497 e. The molecule has 1 aromatic heterocycles. The number of nitriles is 1. The zero-order chi connectivity index (χ0) is 24.6. The van der Waals surface area contributed by atoms with E-state index < -0.39 is 6.09 Å². The Morgan fingerprint density at radius 2 is 2.20 bits per heavy atom. The molecule has 2 aliphatic rings. The van der Waals surface area contributed by atoms with Gasteiger partial charge in [-0.15, -0.1) is 11.3 Å². The number of nitrogens with zero attached hydrogens (tertiary/aromatic N) is 1. The molecule has 4 rings (SSSR count). The van der Waals surface area contributed by atoms with Crippen LogP contribution in [-0.2, 0) is 33.5 Å². The van der Waals surface area contributed by atoms with Crippen LogP contribution in [0.4, 0.5) is 9.80 Å². The Bertz CT molecular complexity index is 1090. The molecule has 0 radical (unpaired) electrons. The molecule has 0 spiro atoms. The van der Waals surface area contributed by atoms with E-state index in [1.165, 1.54) is 11.3 Å². The van der Waals surface area contributed by atoms with E-state index in [0.717, 1.165) is 60.5 Å². The first-order chi connectivity index (χ1) is 17.1. The number of hydrogen-bond donors (Lipinski definition) is 2. The lowest BCUT2D eigenvalue weighted by Crippen LogP contribution is -2.33. The van der Waals surface area contributed by atoms with Gasteiger partial charge in [0.2, 0.25) is 5.91 Å². The lowest BCUT2D eigenvalue weighted by Gasteiger charge is -2.22. The van der Waals surface area contributed by atoms with Gasteiger partial charge in [0.25, 0.3) is 0 Å². The van der Waals surface area contributed by atoms with Gasteiger partial charge in [0.05, 0.1) is 25.4 Å². The normalized spacial score (nSPS) is 18.9. The Balaban J connectivity index is 1.27. The predicted octanol–water partition coefficient (Wildman–Crippen LogP) is 4.21. The molecule has 2 unspecified atom stereocenters. The van der Waals surface area contributed by atoms with Crippen LogP contribution in [0.1, 0.15) is 47.3 Å². The third-order valence-corrected chi connectivity index (χ3v) is 7.62. The van der Waals surface area contributed by atoms with Gasteiger partial charge in [-0.3, -0.25) is 4.79 Å². The van der Waals surface area contributed by atoms with E-state index >= 15 is 0 Å². The minimum Gasteiger partial charge on any atom is -0.497 e. The van der Waals surface area contributed by atoms with E-state index in [9.17, 15) is 14.9 Å². The molecule has 1 aliphatic carbocycles. The predicted molar refractivity (Wildman–Crippen MR) is 133 cm³/mol. The van der Waals surface area contributed by atoms with Gasteiger partial charge >= 0.3 is 6.09 Å². The van der Waals surface area contributed by atoms with Crippen LogP contribution in [0.3, 0.4) is 0 Å². The molecule has 2 N–H and O–H groups in total. The molecule has 2 atom stereocenters. The molecule has 0 bridgehead atoms. The van der Waals surface area contributed by atoms with Crippen molar-refractivity contribution in [1.82, 2.24) is 5.32 Å². The van der Waals surface area contributed by atoms with E-state index in [4.69, 9.17) is 14.2 Å². The molecule has 35 heavy (non-hydrogen) atoms. The molecule has 8 nitrogen and oxygen atoms in total. The fraction of sp³-hybridized carbons (Fsp3) is 0.500. The Morgan fingerprint density at radius 3 is 2.97 bits per heavy atom. The number of thiophene rings is 1. The van der Waals surface area contributed by atoms with Crippen LogP contribution in [0.15, 0.2) is 24.3 Å². The fourth-order valence-electron chi connectivity index (χ4n) is 4.52. The van der Waals surface area contributed by atoms with Gasteiger partial charge in [0, 0.05) is 24.4 Å². The van der Waals surface area contributed by atoms with Gasteiger partial charge in [0.15, 0.2) is 0 Å².